The number of likely N-dealkylation sites (tertiary alicyclic amines) is 1. The van der Waals surface area contributed by atoms with E-state index >= 15 is 0 Å². The molecule has 0 aromatic heterocycles. The van der Waals surface area contributed by atoms with Crippen molar-refractivity contribution in [1.29, 1.82) is 0 Å². The van der Waals surface area contributed by atoms with Gasteiger partial charge >= 0.3 is 5.97 Å². The van der Waals surface area contributed by atoms with Gasteiger partial charge in [-0.2, -0.15) is 0 Å². The van der Waals surface area contributed by atoms with E-state index in [1.807, 2.05) is 6.92 Å². The van der Waals surface area contributed by atoms with Gasteiger partial charge in [0.05, 0.1) is 0 Å². The molecule has 0 aromatic carbocycles. The molecule has 5 nitrogen and oxygen atoms in total. The average molecular weight is 228 g/mol. The number of aliphatic carboxylic acids is 1. The molecule has 1 amide bonds. The topological polar surface area (TPSA) is 69.6 Å². The number of carbonyl (C=O) groups excluding carboxylic acids is 1. The number of nitrogens with zero attached hydrogens (tertiary/aromatic N) is 1. The minimum Gasteiger partial charge on any atom is -0.481 e. The van der Waals surface area contributed by atoms with Crippen molar-refractivity contribution >= 4 is 11.9 Å². The lowest BCUT2D eigenvalue weighted by atomic mass is 10.1. The number of carboxylic acids is 1. The first-order chi connectivity index (χ1) is 7.49. The lowest BCUT2D eigenvalue weighted by molar-refractivity contribution is -0.137. The molecule has 0 aliphatic carbocycles. The van der Waals surface area contributed by atoms with Gasteiger partial charge in [0.1, 0.15) is 0 Å². The number of hydrogen-bond donors (Lipinski definition) is 2. The first-order valence-electron chi connectivity index (χ1n) is 5.72. The molecule has 1 saturated heterocycles. The average Bonchev–Trinajstić information content (AvgIpc) is 2.61. The van der Waals surface area contributed by atoms with E-state index in [1.165, 1.54) is 6.92 Å². The normalized spacial score (nSPS) is 23.0. The van der Waals surface area contributed by atoms with Crippen molar-refractivity contribution < 1.29 is 14.7 Å². The third-order valence-electron chi connectivity index (χ3n) is 3.03. The summed E-state index contributed by atoms with van der Waals surface area (Å²) in [5, 5.41) is 11.5. The van der Waals surface area contributed by atoms with E-state index in [2.05, 4.69) is 10.2 Å². The van der Waals surface area contributed by atoms with Crippen molar-refractivity contribution in [2.75, 3.05) is 13.1 Å². The molecular weight excluding hydrogens is 208 g/mol. The maximum absolute atomic E-state index is 10.9. The van der Waals surface area contributed by atoms with Crippen LogP contribution in [-0.4, -0.2) is 47.1 Å². The molecule has 1 aliphatic heterocycles. The number of carboxylic acid groups (broad SMARTS) is 1. The summed E-state index contributed by atoms with van der Waals surface area (Å²) >= 11 is 0. The van der Waals surface area contributed by atoms with Crippen LogP contribution < -0.4 is 5.32 Å². The molecule has 0 aromatic rings. The monoisotopic (exact) mass is 228 g/mol. The fraction of sp³-hybridized carbons (Fsp3) is 0.818. The third-order valence-corrected chi connectivity index (χ3v) is 3.03. The number of carbonyl (C=O) groups is 2. The van der Waals surface area contributed by atoms with Gasteiger partial charge in [0.15, 0.2) is 0 Å². The summed E-state index contributed by atoms with van der Waals surface area (Å²) in [6, 6.07) is 0.500. The highest BCUT2D eigenvalue weighted by Crippen LogP contribution is 2.15. The molecule has 92 valence electrons. The van der Waals surface area contributed by atoms with E-state index in [4.69, 9.17) is 5.11 Å². The van der Waals surface area contributed by atoms with Crippen LogP contribution in [0.25, 0.3) is 0 Å². The van der Waals surface area contributed by atoms with Crippen LogP contribution in [0.5, 0.6) is 0 Å². The summed E-state index contributed by atoms with van der Waals surface area (Å²) in [5.41, 5.74) is 0. The van der Waals surface area contributed by atoms with Gasteiger partial charge < -0.3 is 10.4 Å². The van der Waals surface area contributed by atoms with Crippen LogP contribution in [0.2, 0.25) is 0 Å². The zero-order chi connectivity index (χ0) is 12.1. The second kappa shape index (κ2) is 5.84. The summed E-state index contributed by atoms with van der Waals surface area (Å²) in [7, 11) is 0. The van der Waals surface area contributed by atoms with E-state index in [0.717, 1.165) is 19.5 Å². The smallest absolute Gasteiger partial charge is 0.303 e. The number of amides is 1. The molecule has 0 saturated carbocycles. The van der Waals surface area contributed by atoms with Gasteiger partial charge in [-0.25, -0.2) is 0 Å². The van der Waals surface area contributed by atoms with Crippen LogP contribution in [0, 0.1) is 0 Å². The molecule has 16 heavy (non-hydrogen) atoms. The Kier molecular flexibility index (Phi) is 4.73. The van der Waals surface area contributed by atoms with Crippen molar-refractivity contribution in [3.63, 3.8) is 0 Å². The lowest BCUT2D eigenvalue weighted by Gasteiger charge is -2.23. The fourth-order valence-electron chi connectivity index (χ4n) is 2.11. The Morgan fingerprint density at radius 1 is 1.56 bits per heavy atom. The molecule has 1 fully saturated rings. The van der Waals surface area contributed by atoms with Gasteiger partial charge in [-0.3, -0.25) is 14.5 Å². The van der Waals surface area contributed by atoms with E-state index in [9.17, 15) is 9.59 Å². The molecule has 1 rings (SSSR count). The summed E-state index contributed by atoms with van der Waals surface area (Å²) < 4.78 is 0. The Labute approximate surface area is 95.8 Å². The van der Waals surface area contributed by atoms with E-state index < -0.39 is 5.97 Å². The largest absolute Gasteiger partial charge is 0.481 e. The minimum atomic E-state index is -0.746. The highest BCUT2D eigenvalue weighted by Gasteiger charge is 2.26. The maximum Gasteiger partial charge on any atom is 0.303 e. The molecule has 2 N–H and O–H groups in total. The zero-order valence-corrected chi connectivity index (χ0v) is 9.90. The van der Waals surface area contributed by atoms with Crippen molar-refractivity contribution in [1.82, 2.24) is 10.2 Å². The van der Waals surface area contributed by atoms with Crippen LogP contribution in [-0.2, 0) is 9.59 Å². The lowest BCUT2D eigenvalue weighted by Crippen LogP contribution is -2.38. The molecule has 1 heterocycles. The van der Waals surface area contributed by atoms with Crippen LogP contribution >= 0.6 is 0 Å². The summed E-state index contributed by atoms with van der Waals surface area (Å²) in [6.07, 6.45) is 1.83. The molecule has 0 radical (unpaired) electrons. The SMILES string of the molecule is CC(=O)NC1CCN(C(C)CCC(=O)O)C1. The zero-order valence-electron chi connectivity index (χ0n) is 9.90. The van der Waals surface area contributed by atoms with Crippen LogP contribution in [0.1, 0.15) is 33.1 Å². The number of hydrogen-bond acceptors (Lipinski definition) is 3. The van der Waals surface area contributed by atoms with Crippen molar-refractivity contribution in [2.45, 2.75) is 45.2 Å². The van der Waals surface area contributed by atoms with Gasteiger partial charge in [-0.05, 0) is 19.8 Å². The van der Waals surface area contributed by atoms with Gasteiger partial charge in [-0.15, -0.1) is 0 Å². The molecule has 0 bridgehead atoms. The van der Waals surface area contributed by atoms with Gasteiger partial charge in [0, 0.05) is 38.5 Å². The summed E-state index contributed by atoms with van der Waals surface area (Å²) in [4.78, 5) is 23.6. The van der Waals surface area contributed by atoms with E-state index in [-0.39, 0.29) is 24.4 Å². The summed E-state index contributed by atoms with van der Waals surface area (Å²) in [6.45, 7) is 5.34. The highest BCUT2D eigenvalue weighted by molar-refractivity contribution is 5.73. The Balaban J connectivity index is 2.28. The second-order valence-corrected chi connectivity index (χ2v) is 4.46. The predicted octanol–water partition coefficient (Wildman–Crippen LogP) is 0.450. The third kappa shape index (κ3) is 4.18. The Morgan fingerprint density at radius 2 is 2.25 bits per heavy atom. The molecule has 2 atom stereocenters. The van der Waals surface area contributed by atoms with Crippen LogP contribution in [0.3, 0.4) is 0 Å². The minimum absolute atomic E-state index is 0.00467. The number of rotatable bonds is 5. The van der Waals surface area contributed by atoms with Crippen LogP contribution in [0.15, 0.2) is 0 Å². The van der Waals surface area contributed by atoms with Gasteiger partial charge in [0.25, 0.3) is 0 Å². The highest BCUT2D eigenvalue weighted by atomic mass is 16.4. The molecular formula is C11H20N2O3. The van der Waals surface area contributed by atoms with E-state index in [0.29, 0.717) is 6.42 Å². The van der Waals surface area contributed by atoms with Crippen molar-refractivity contribution in [3.05, 3.63) is 0 Å². The van der Waals surface area contributed by atoms with E-state index in [1.54, 1.807) is 0 Å². The number of nitrogens with one attached hydrogen (secondary N) is 1. The first kappa shape index (κ1) is 13.0. The predicted molar refractivity (Wildman–Crippen MR) is 60.1 cm³/mol. The van der Waals surface area contributed by atoms with Gasteiger partial charge in [-0.1, -0.05) is 0 Å². The molecule has 5 heteroatoms. The van der Waals surface area contributed by atoms with Gasteiger partial charge in [0.2, 0.25) is 5.91 Å². The van der Waals surface area contributed by atoms with Crippen molar-refractivity contribution in [3.8, 4) is 0 Å². The summed E-state index contributed by atoms with van der Waals surface area (Å²) in [5.74, 6) is -0.741. The molecule has 1 aliphatic rings. The maximum atomic E-state index is 10.9. The first-order valence-corrected chi connectivity index (χ1v) is 5.72. The Hall–Kier alpha value is -1.10. The second-order valence-electron chi connectivity index (χ2n) is 4.46. The van der Waals surface area contributed by atoms with Crippen molar-refractivity contribution in [2.24, 2.45) is 0 Å². The quantitative estimate of drug-likeness (QED) is 0.717. The molecule has 2 unspecified atom stereocenters. The van der Waals surface area contributed by atoms with Crippen LogP contribution in [0.4, 0.5) is 0 Å². The standard InChI is InChI=1S/C11H20N2O3/c1-8(3-4-11(15)16)13-6-5-10(7-13)12-9(2)14/h8,10H,3-7H2,1-2H3,(H,12,14)(H,15,16). The fourth-order valence-corrected chi connectivity index (χ4v) is 2.11. The Morgan fingerprint density at radius 3 is 2.81 bits per heavy atom. The Bertz CT molecular complexity index is 268. The molecule has 0 spiro atoms.